The van der Waals surface area contributed by atoms with Crippen LogP contribution in [0.3, 0.4) is 0 Å². The Bertz CT molecular complexity index is 3170. The van der Waals surface area contributed by atoms with Crippen LogP contribution in [-0.2, 0) is 0 Å². The van der Waals surface area contributed by atoms with E-state index >= 15 is 0 Å². The van der Waals surface area contributed by atoms with Gasteiger partial charge >= 0.3 is 0 Å². The fourth-order valence-corrected chi connectivity index (χ4v) is 8.59. The molecule has 0 saturated heterocycles. The molecule has 5 heterocycles. The molecule has 5 aromatic heterocycles. The van der Waals surface area contributed by atoms with Crippen molar-refractivity contribution in [3.63, 3.8) is 0 Å². The van der Waals surface area contributed by atoms with Crippen molar-refractivity contribution >= 4 is 88.2 Å². The van der Waals surface area contributed by atoms with Crippen LogP contribution in [0.2, 0.25) is 0 Å². The number of rotatable bonds is 4. The third-order valence-electron chi connectivity index (χ3n) is 10.8. The van der Waals surface area contributed by atoms with Crippen molar-refractivity contribution in [2.24, 2.45) is 0 Å². The predicted molar refractivity (Wildman–Crippen MR) is 217 cm³/mol. The fourth-order valence-electron chi connectivity index (χ4n) is 8.59. The standard InChI is InChI=1S/C47H32N4O/c1-29(27-38-30(2)52-46-37(38)25-26-48-47(46)51-43-21-11-5-15-34(43)35-16-6-12-22-44(35)51)49-40-18-8-7-17-36(40)39-28-31(23-24-45(39)49)50-41-19-9-3-13-32(41)33-14-4-10-20-42(33)50/h3-28H,1-2H3/b29-27+. The number of hydrogen-bond donors (Lipinski definition) is 0. The maximum absolute atomic E-state index is 6.63. The van der Waals surface area contributed by atoms with E-state index in [0.29, 0.717) is 0 Å². The number of allylic oxidation sites excluding steroid dienone is 1. The Hall–Kier alpha value is -6.85. The van der Waals surface area contributed by atoms with E-state index < -0.39 is 0 Å². The van der Waals surface area contributed by atoms with Gasteiger partial charge in [0.2, 0.25) is 0 Å². The van der Waals surface area contributed by atoms with E-state index in [2.05, 4.69) is 179 Å². The maximum Gasteiger partial charge on any atom is 0.181 e. The van der Waals surface area contributed by atoms with Gasteiger partial charge < -0.3 is 13.6 Å². The zero-order chi connectivity index (χ0) is 34.5. The lowest BCUT2D eigenvalue weighted by atomic mass is 10.1. The minimum absolute atomic E-state index is 0.781. The quantitative estimate of drug-likeness (QED) is 0.187. The van der Waals surface area contributed by atoms with Crippen molar-refractivity contribution in [2.75, 3.05) is 0 Å². The molecule has 11 rings (SSSR count). The van der Waals surface area contributed by atoms with Crippen LogP contribution in [0.25, 0.3) is 99.7 Å². The van der Waals surface area contributed by atoms with Gasteiger partial charge in [-0.25, -0.2) is 4.98 Å². The Morgan fingerprint density at radius 2 is 1.00 bits per heavy atom. The molecule has 0 atom stereocenters. The second-order valence-electron chi connectivity index (χ2n) is 13.7. The highest BCUT2D eigenvalue weighted by molar-refractivity contribution is 6.14. The van der Waals surface area contributed by atoms with Crippen molar-refractivity contribution in [1.29, 1.82) is 0 Å². The summed E-state index contributed by atoms with van der Waals surface area (Å²) >= 11 is 0. The van der Waals surface area contributed by atoms with Gasteiger partial charge in [0.05, 0.1) is 33.1 Å². The number of pyridine rings is 1. The summed E-state index contributed by atoms with van der Waals surface area (Å²) in [5.74, 6) is 1.66. The highest BCUT2D eigenvalue weighted by Crippen LogP contribution is 2.39. The Labute approximate surface area is 298 Å². The van der Waals surface area contributed by atoms with E-state index in [-0.39, 0.29) is 0 Å². The van der Waals surface area contributed by atoms with Gasteiger partial charge in [0.25, 0.3) is 0 Å². The Balaban J connectivity index is 1.10. The number of furan rings is 1. The van der Waals surface area contributed by atoms with E-state index in [9.17, 15) is 0 Å². The molecule has 0 aliphatic rings. The first kappa shape index (κ1) is 28.9. The molecular weight excluding hydrogens is 637 g/mol. The van der Waals surface area contributed by atoms with Gasteiger partial charge in [-0.2, -0.15) is 0 Å². The minimum atomic E-state index is 0.781. The molecular formula is C47H32N4O. The average molecular weight is 669 g/mol. The first-order valence-corrected chi connectivity index (χ1v) is 17.7. The molecule has 0 unspecified atom stereocenters. The van der Waals surface area contributed by atoms with Crippen LogP contribution in [0, 0.1) is 6.92 Å². The molecule has 5 heteroatoms. The molecule has 0 amide bonds. The van der Waals surface area contributed by atoms with Crippen LogP contribution in [0.1, 0.15) is 18.2 Å². The van der Waals surface area contributed by atoms with Crippen LogP contribution in [0.4, 0.5) is 0 Å². The van der Waals surface area contributed by atoms with E-state index in [0.717, 1.165) is 56.0 Å². The largest absolute Gasteiger partial charge is 0.457 e. The van der Waals surface area contributed by atoms with Crippen LogP contribution in [0.15, 0.2) is 156 Å². The molecule has 52 heavy (non-hydrogen) atoms. The molecule has 11 aromatic rings. The highest BCUT2D eigenvalue weighted by atomic mass is 16.3. The summed E-state index contributed by atoms with van der Waals surface area (Å²) in [6.45, 7) is 4.25. The van der Waals surface area contributed by atoms with Crippen molar-refractivity contribution in [2.45, 2.75) is 13.8 Å². The fraction of sp³-hybridized carbons (Fsp3) is 0.0426. The number of para-hydroxylation sites is 5. The van der Waals surface area contributed by atoms with E-state index in [4.69, 9.17) is 9.40 Å². The van der Waals surface area contributed by atoms with Gasteiger partial charge in [-0.05, 0) is 74.5 Å². The van der Waals surface area contributed by atoms with Gasteiger partial charge in [0.15, 0.2) is 11.4 Å². The molecule has 0 fully saturated rings. The van der Waals surface area contributed by atoms with E-state index in [1.807, 2.05) is 6.20 Å². The Morgan fingerprint density at radius 3 is 1.58 bits per heavy atom. The molecule has 5 nitrogen and oxygen atoms in total. The van der Waals surface area contributed by atoms with Gasteiger partial charge in [-0.3, -0.25) is 4.57 Å². The van der Waals surface area contributed by atoms with Crippen LogP contribution in [-0.4, -0.2) is 18.7 Å². The van der Waals surface area contributed by atoms with Gasteiger partial charge in [0, 0.05) is 60.8 Å². The second-order valence-corrected chi connectivity index (χ2v) is 13.7. The lowest BCUT2D eigenvalue weighted by molar-refractivity contribution is 0.574. The van der Waals surface area contributed by atoms with Crippen LogP contribution < -0.4 is 0 Å². The summed E-state index contributed by atoms with van der Waals surface area (Å²) in [5, 5.41) is 8.40. The summed E-state index contributed by atoms with van der Waals surface area (Å²) in [6.07, 6.45) is 4.17. The Morgan fingerprint density at radius 1 is 0.519 bits per heavy atom. The maximum atomic E-state index is 6.63. The third kappa shape index (κ3) is 3.96. The summed E-state index contributed by atoms with van der Waals surface area (Å²) in [6, 6.07) is 52.1. The monoisotopic (exact) mass is 668 g/mol. The smallest absolute Gasteiger partial charge is 0.181 e. The summed E-state index contributed by atoms with van der Waals surface area (Å²) in [7, 11) is 0. The number of nitrogens with zero attached hydrogens (tertiary/aromatic N) is 4. The first-order valence-electron chi connectivity index (χ1n) is 17.7. The lowest BCUT2D eigenvalue weighted by Gasteiger charge is -2.11. The van der Waals surface area contributed by atoms with Crippen LogP contribution >= 0.6 is 0 Å². The summed E-state index contributed by atoms with van der Waals surface area (Å²) in [5.41, 5.74) is 11.1. The molecule has 246 valence electrons. The topological polar surface area (TPSA) is 40.8 Å². The molecule has 6 aromatic carbocycles. The number of benzene rings is 6. The summed E-state index contributed by atoms with van der Waals surface area (Å²) < 4.78 is 13.6. The molecule has 0 saturated carbocycles. The number of aromatic nitrogens is 4. The first-order chi connectivity index (χ1) is 25.7. The van der Waals surface area contributed by atoms with Crippen molar-refractivity contribution in [3.8, 4) is 11.5 Å². The summed E-state index contributed by atoms with van der Waals surface area (Å²) in [4.78, 5) is 4.92. The molecule has 0 aliphatic carbocycles. The number of fused-ring (bicyclic) bond motifs is 10. The Kier molecular flexibility index (Phi) is 6.02. The minimum Gasteiger partial charge on any atom is -0.457 e. The van der Waals surface area contributed by atoms with Crippen molar-refractivity contribution in [1.82, 2.24) is 18.7 Å². The number of aryl methyl sites for hydroxylation is 1. The van der Waals surface area contributed by atoms with Gasteiger partial charge in [-0.1, -0.05) is 91.0 Å². The lowest BCUT2D eigenvalue weighted by Crippen LogP contribution is -1.97. The third-order valence-corrected chi connectivity index (χ3v) is 10.8. The van der Waals surface area contributed by atoms with Crippen molar-refractivity contribution < 1.29 is 4.42 Å². The predicted octanol–water partition coefficient (Wildman–Crippen LogP) is 12.5. The second kappa shape index (κ2) is 10.8. The van der Waals surface area contributed by atoms with Gasteiger partial charge in [0.1, 0.15) is 5.76 Å². The van der Waals surface area contributed by atoms with Crippen LogP contribution in [0.5, 0.6) is 0 Å². The molecule has 0 radical (unpaired) electrons. The van der Waals surface area contributed by atoms with Crippen molar-refractivity contribution in [3.05, 3.63) is 163 Å². The molecule has 0 bridgehead atoms. The van der Waals surface area contributed by atoms with E-state index in [1.54, 1.807) is 0 Å². The molecule has 0 N–H and O–H groups in total. The van der Waals surface area contributed by atoms with E-state index in [1.165, 1.54) is 48.9 Å². The zero-order valence-corrected chi connectivity index (χ0v) is 28.7. The number of hydrogen-bond acceptors (Lipinski definition) is 2. The molecule has 0 aliphatic heterocycles. The SMILES string of the molecule is C/C(=C\c1c(C)oc2c(-n3c4ccccc4c4ccccc43)nccc12)n1c2ccccc2c2cc(-n3c4ccccc4c4ccccc43)ccc21. The average Bonchev–Trinajstić information content (AvgIpc) is 3.91. The van der Waals surface area contributed by atoms with Gasteiger partial charge in [-0.15, -0.1) is 0 Å². The highest BCUT2D eigenvalue weighted by Gasteiger charge is 2.21. The zero-order valence-electron chi connectivity index (χ0n) is 28.7. The molecule has 0 spiro atoms. The normalized spacial score (nSPS) is 12.5.